The van der Waals surface area contributed by atoms with Gasteiger partial charge >= 0.3 is 0 Å². The normalized spacial score (nSPS) is 10.2. The number of carbonyl (C=O) groups excluding carboxylic acids is 1. The van der Waals surface area contributed by atoms with Gasteiger partial charge in [-0.3, -0.25) is 4.79 Å². The van der Waals surface area contributed by atoms with Gasteiger partial charge in [0.2, 0.25) is 0 Å². The molecule has 0 aliphatic rings. The number of benzene rings is 1. The van der Waals surface area contributed by atoms with Crippen LogP contribution in [-0.4, -0.2) is 11.7 Å². The lowest BCUT2D eigenvalue weighted by Gasteiger charge is -2.03. The zero-order valence-electron chi connectivity index (χ0n) is 6.28. The largest absolute Gasteiger partial charge is 0.293 e. The van der Waals surface area contributed by atoms with Crippen LogP contribution in [0.4, 0.5) is 4.39 Å². The van der Waals surface area contributed by atoms with Crippen LogP contribution in [0.1, 0.15) is 10.4 Å². The standard InChI is InChI=1S/C8H4Cl3FO/c9-3-7(13)8-5(10)1-4(12)2-6(8)11/h1-2H,3H2. The van der Waals surface area contributed by atoms with Crippen molar-refractivity contribution in [3.8, 4) is 0 Å². The molecule has 70 valence electrons. The third-order valence-electron chi connectivity index (χ3n) is 1.41. The molecule has 1 aromatic carbocycles. The van der Waals surface area contributed by atoms with Crippen molar-refractivity contribution in [2.75, 3.05) is 5.88 Å². The monoisotopic (exact) mass is 240 g/mol. The van der Waals surface area contributed by atoms with Gasteiger partial charge in [-0.05, 0) is 12.1 Å². The summed E-state index contributed by atoms with van der Waals surface area (Å²) in [6.45, 7) is 0. The second-order valence-electron chi connectivity index (χ2n) is 2.30. The van der Waals surface area contributed by atoms with E-state index in [1.165, 1.54) is 0 Å². The molecule has 0 fully saturated rings. The van der Waals surface area contributed by atoms with Gasteiger partial charge in [-0.15, -0.1) is 11.6 Å². The number of alkyl halides is 1. The van der Waals surface area contributed by atoms with Crippen molar-refractivity contribution in [2.45, 2.75) is 0 Å². The van der Waals surface area contributed by atoms with Crippen molar-refractivity contribution in [1.82, 2.24) is 0 Å². The van der Waals surface area contributed by atoms with Gasteiger partial charge in [0.05, 0.1) is 21.5 Å². The van der Waals surface area contributed by atoms with E-state index in [2.05, 4.69) is 0 Å². The minimum absolute atomic E-state index is 0.0179. The molecular formula is C8H4Cl3FO. The molecular weight excluding hydrogens is 237 g/mol. The van der Waals surface area contributed by atoms with E-state index in [1.807, 2.05) is 0 Å². The Morgan fingerprint density at radius 1 is 1.31 bits per heavy atom. The topological polar surface area (TPSA) is 17.1 Å². The molecule has 0 radical (unpaired) electrons. The number of ketones is 1. The summed E-state index contributed by atoms with van der Waals surface area (Å²) in [5.74, 6) is -1.23. The first-order chi connectivity index (χ1) is 6.06. The molecule has 0 unspecified atom stereocenters. The van der Waals surface area contributed by atoms with Crippen LogP contribution in [-0.2, 0) is 0 Å². The Morgan fingerprint density at radius 3 is 2.15 bits per heavy atom. The fraction of sp³-hybridized carbons (Fsp3) is 0.125. The van der Waals surface area contributed by atoms with Crippen LogP contribution in [0.5, 0.6) is 0 Å². The highest BCUT2D eigenvalue weighted by Gasteiger charge is 2.14. The summed E-state index contributed by atoms with van der Waals surface area (Å²) >= 11 is 16.5. The van der Waals surface area contributed by atoms with Crippen LogP contribution in [0.15, 0.2) is 12.1 Å². The zero-order valence-corrected chi connectivity index (χ0v) is 8.55. The minimum atomic E-state index is -0.582. The van der Waals surface area contributed by atoms with E-state index < -0.39 is 11.6 Å². The van der Waals surface area contributed by atoms with E-state index >= 15 is 0 Å². The molecule has 0 heterocycles. The summed E-state index contributed by atoms with van der Waals surface area (Å²) < 4.78 is 12.7. The van der Waals surface area contributed by atoms with E-state index in [0.717, 1.165) is 12.1 Å². The van der Waals surface area contributed by atoms with Gasteiger partial charge in [-0.1, -0.05) is 23.2 Å². The first-order valence-corrected chi connectivity index (χ1v) is 4.59. The van der Waals surface area contributed by atoms with E-state index in [1.54, 1.807) is 0 Å². The third kappa shape index (κ3) is 2.33. The average Bonchev–Trinajstić information content (AvgIpc) is 2.02. The molecule has 1 aromatic rings. The van der Waals surface area contributed by atoms with Crippen molar-refractivity contribution >= 4 is 40.6 Å². The summed E-state index contributed by atoms with van der Waals surface area (Å²) in [5.41, 5.74) is 0.0692. The highest BCUT2D eigenvalue weighted by Crippen LogP contribution is 2.26. The Bertz CT molecular complexity index is 328. The van der Waals surface area contributed by atoms with Crippen molar-refractivity contribution in [3.63, 3.8) is 0 Å². The van der Waals surface area contributed by atoms with E-state index in [-0.39, 0.29) is 21.5 Å². The van der Waals surface area contributed by atoms with Crippen molar-refractivity contribution in [3.05, 3.63) is 33.6 Å². The molecule has 0 saturated heterocycles. The number of hydrogen-bond donors (Lipinski definition) is 0. The van der Waals surface area contributed by atoms with Gasteiger partial charge < -0.3 is 0 Å². The second kappa shape index (κ2) is 4.27. The van der Waals surface area contributed by atoms with E-state index in [9.17, 15) is 9.18 Å². The predicted octanol–water partition coefficient (Wildman–Crippen LogP) is 3.55. The third-order valence-corrected chi connectivity index (χ3v) is 2.25. The Morgan fingerprint density at radius 2 is 1.77 bits per heavy atom. The average molecular weight is 241 g/mol. The van der Waals surface area contributed by atoms with Crippen LogP contribution < -0.4 is 0 Å². The number of Topliss-reactive ketones (excluding diaryl/α,β-unsaturated/α-hetero) is 1. The molecule has 0 aliphatic heterocycles. The highest BCUT2D eigenvalue weighted by atomic mass is 35.5. The van der Waals surface area contributed by atoms with Crippen LogP contribution in [0.2, 0.25) is 10.0 Å². The molecule has 0 N–H and O–H groups in total. The first kappa shape index (κ1) is 10.8. The smallest absolute Gasteiger partial charge is 0.180 e. The molecule has 1 rings (SSSR count). The molecule has 5 heteroatoms. The Balaban J connectivity index is 3.28. The molecule has 13 heavy (non-hydrogen) atoms. The van der Waals surface area contributed by atoms with Crippen LogP contribution >= 0.6 is 34.8 Å². The van der Waals surface area contributed by atoms with Gasteiger partial charge in [0.1, 0.15) is 5.82 Å². The summed E-state index contributed by atoms with van der Waals surface area (Å²) in [6.07, 6.45) is 0. The lowest BCUT2D eigenvalue weighted by molar-refractivity contribution is 0.102. The molecule has 0 bridgehead atoms. The Hall–Kier alpha value is -0.310. The number of halogens is 4. The van der Waals surface area contributed by atoms with E-state index in [0.29, 0.717) is 0 Å². The maximum absolute atomic E-state index is 12.7. The highest BCUT2D eigenvalue weighted by molar-refractivity contribution is 6.42. The van der Waals surface area contributed by atoms with Crippen LogP contribution in [0, 0.1) is 5.82 Å². The number of hydrogen-bond acceptors (Lipinski definition) is 1. The van der Waals surface area contributed by atoms with Crippen molar-refractivity contribution in [2.24, 2.45) is 0 Å². The molecule has 0 amide bonds. The van der Waals surface area contributed by atoms with Gasteiger partial charge in [-0.2, -0.15) is 0 Å². The van der Waals surface area contributed by atoms with Gasteiger partial charge in [0, 0.05) is 0 Å². The number of carbonyl (C=O) groups is 1. The quantitative estimate of drug-likeness (QED) is 0.571. The fourth-order valence-corrected chi connectivity index (χ4v) is 1.68. The lowest BCUT2D eigenvalue weighted by atomic mass is 10.1. The lowest BCUT2D eigenvalue weighted by Crippen LogP contribution is -2.02. The van der Waals surface area contributed by atoms with Crippen molar-refractivity contribution < 1.29 is 9.18 Å². The second-order valence-corrected chi connectivity index (χ2v) is 3.38. The maximum atomic E-state index is 12.7. The summed E-state index contributed by atoms with van der Waals surface area (Å²) in [4.78, 5) is 11.1. The Labute approximate surface area is 89.4 Å². The molecule has 1 nitrogen and oxygen atoms in total. The van der Waals surface area contributed by atoms with Gasteiger partial charge in [0.25, 0.3) is 0 Å². The molecule has 0 saturated carbocycles. The SMILES string of the molecule is O=C(CCl)c1c(Cl)cc(F)cc1Cl. The first-order valence-electron chi connectivity index (χ1n) is 3.30. The fourth-order valence-electron chi connectivity index (χ4n) is 0.875. The van der Waals surface area contributed by atoms with Crippen molar-refractivity contribution in [1.29, 1.82) is 0 Å². The maximum Gasteiger partial charge on any atom is 0.180 e. The Kier molecular flexibility index (Phi) is 3.54. The molecule has 0 aromatic heterocycles. The number of rotatable bonds is 2. The summed E-state index contributed by atoms with van der Waals surface area (Å²) in [5, 5.41) is -0.0358. The summed E-state index contributed by atoms with van der Waals surface area (Å²) in [6, 6.07) is 2.04. The van der Waals surface area contributed by atoms with Crippen LogP contribution in [0.3, 0.4) is 0 Å². The molecule has 0 spiro atoms. The van der Waals surface area contributed by atoms with Gasteiger partial charge in [-0.25, -0.2) is 4.39 Å². The predicted molar refractivity (Wildman–Crippen MR) is 51.5 cm³/mol. The minimum Gasteiger partial charge on any atom is -0.293 e. The molecule has 0 aliphatic carbocycles. The van der Waals surface area contributed by atoms with E-state index in [4.69, 9.17) is 34.8 Å². The zero-order chi connectivity index (χ0) is 10.0. The van der Waals surface area contributed by atoms with Gasteiger partial charge in [0.15, 0.2) is 5.78 Å². The molecule has 0 atom stereocenters. The van der Waals surface area contributed by atoms with Crippen LogP contribution in [0.25, 0.3) is 0 Å². The summed E-state index contributed by atoms with van der Waals surface area (Å²) in [7, 11) is 0.